The number of nitrogens with one attached hydrogen (secondary N) is 1. The lowest BCUT2D eigenvalue weighted by Gasteiger charge is -2.12. The van der Waals surface area contributed by atoms with Gasteiger partial charge < -0.3 is 5.32 Å². The predicted molar refractivity (Wildman–Crippen MR) is 137 cm³/mol. The second kappa shape index (κ2) is 10.8. The zero-order valence-electron chi connectivity index (χ0n) is 17.1. The zero-order valence-corrected chi connectivity index (χ0v) is 21.0. The van der Waals surface area contributed by atoms with E-state index in [1.807, 2.05) is 18.2 Å². The van der Waals surface area contributed by atoms with Crippen LogP contribution >= 0.6 is 58.2 Å². The summed E-state index contributed by atoms with van der Waals surface area (Å²) in [5.74, 6) is -0.702. The summed E-state index contributed by atoms with van der Waals surface area (Å²) < 4.78 is 1.24. The van der Waals surface area contributed by atoms with Crippen LogP contribution in [0.15, 0.2) is 71.9 Å². The second-order valence-electron chi connectivity index (χ2n) is 6.87. The quantitative estimate of drug-likeness (QED) is 0.262. The van der Waals surface area contributed by atoms with Gasteiger partial charge in [0, 0.05) is 16.3 Å². The molecule has 0 fully saturated rings. The number of thioether (sulfide) groups is 1. The molecule has 4 aromatic rings. The van der Waals surface area contributed by atoms with Crippen LogP contribution < -0.4 is 5.32 Å². The maximum Gasteiger partial charge on any atom is 0.268 e. The third kappa shape index (κ3) is 5.40. The van der Waals surface area contributed by atoms with E-state index in [-0.39, 0.29) is 43.3 Å². The summed E-state index contributed by atoms with van der Waals surface area (Å²) in [4.78, 5) is 26.1. The van der Waals surface area contributed by atoms with E-state index in [4.69, 9.17) is 46.4 Å². The summed E-state index contributed by atoms with van der Waals surface area (Å²) in [6.45, 7) is 0. The average Bonchev–Trinajstić information content (AvgIpc) is 3.21. The highest BCUT2D eigenvalue weighted by Gasteiger charge is 2.26. The Morgan fingerprint density at radius 3 is 2.18 bits per heavy atom. The Bertz CT molecular complexity index is 1360. The van der Waals surface area contributed by atoms with E-state index in [1.165, 1.54) is 16.7 Å². The van der Waals surface area contributed by atoms with Gasteiger partial charge in [0.05, 0.1) is 26.4 Å². The molecule has 0 saturated carbocycles. The molecule has 11 heteroatoms. The first-order chi connectivity index (χ1) is 16.3. The van der Waals surface area contributed by atoms with Crippen molar-refractivity contribution in [3.8, 4) is 11.4 Å². The van der Waals surface area contributed by atoms with Gasteiger partial charge in [-0.15, -0.1) is 10.2 Å². The lowest BCUT2D eigenvalue weighted by molar-refractivity contribution is -0.113. The van der Waals surface area contributed by atoms with Gasteiger partial charge in [0.25, 0.3) is 5.91 Å². The molecule has 0 aliphatic rings. The number of halogens is 4. The topological polar surface area (TPSA) is 76.9 Å². The first kappa shape index (κ1) is 24.6. The summed E-state index contributed by atoms with van der Waals surface area (Å²) in [6.07, 6.45) is 0. The number of anilines is 1. The number of carbonyl (C=O) groups excluding carboxylic acids is 2. The molecular formula is C23H14Cl4N4O2S. The van der Waals surface area contributed by atoms with Gasteiger partial charge in [0.1, 0.15) is 0 Å². The van der Waals surface area contributed by atoms with Crippen LogP contribution in [0.5, 0.6) is 0 Å². The number of amides is 1. The van der Waals surface area contributed by atoms with Gasteiger partial charge >= 0.3 is 0 Å². The lowest BCUT2D eigenvalue weighted by Crippen LogP contribution is -2.18. The van der Waals surface area contributed by atoms with Gasteiger partial charge in [-0.1, -0.05) is 88.5 Å². The molecular weight excluding hydrogens is 538 g/mol. The summed E-state index contributed by atoms with van der Waals surface area (Å²) in [5.41, 5.74) is 1.16. The summed E-state index contributed by atoms with van der Waals surface area (Å²) in [7, 11) is 0. The van der Waals surface area contributed by atoms with E-state index in [9.17, 15) is 9.59 Å². The number of nitrogens with zero attached hydrogens (tertiary/aromatic N) is 3. The third-order valence-corrected chi connectivity index (χ3v) is 6.63. The Hall–Kier alpha value is -2.55. The van der Waals surface area contributed by atoms with Crippen LogP contribution in [0.3, 0.4) is 0 Å². The van der Waals surface area contributed by atoms with Crippen molar-refractivity contribution < 1.29 is 9.59 Å². The molecule has 0 bridgehead atoms. The second-order valence-corrected chi connectivity index (χ2v) is 9.47. The van der Waals surface area contributed by atoms with Crippen LogP contribution in [0.4, 0.5) is 5.69 Å². The van der Waals surface area contributed by atoms with Crippen LogP contribution in [0.2, 0.25) is 20.1 Å². The average molecular weight is 552 g/mol. The van der Waals surface area contributed by atoms with Crippen LogP contribution in [-0.2, 0) is 4.79 Å². The monoisotopic (exact) mass is 550 g/mol. The normalized spacial score (nSPS) is 10.8. The van der Waals surface area contributed by atoms with E-state index < -0.39 is 5.91 Å². The fourth-order valence-electron chi connectivity index (χ4n) is 3.07. The molecule has 1 heterocycles. The maximum atomic E-state index is 13.6. The molecule has 34 heavy (non-hydrogen) atoms. The number of hydrogen-bond acceptors (Lipinski definition) is 5. The van der Waals surface area contributed by atoms with E-state index in [0.29, 0.717) is 16.3 Å². The van der Waals surface area contributed by atoms with Crippen LogP contribution in [0.1, 0.15) is 10.4 Å². The Kier molecular flexibility index (Phi) is 7.80. The van der Waals surface area contributed by atoms with E-state index >= 15 is 0 Å². The molecule has 0 spiro atoms. The Balaban J connectivity index is 1.71. The van der Waals surface area contributed by atoms with Crippen molar-refractivity contribution in [2.24, 2.45) is 0 Å². The molecule has 1 aromatic heterocycles. The highest BCUT2D eigenvalue weighted by Crippen LogP contribution is 2.34. The van der Waals surface area contributed by atoms with E-state index in [1.54, 1.807) is 36.4 Å². The smallest absolute Gasteiger partial charge is 0.268 e. The highest BCUT2D eigenvalue weighted by atomic mass is 35.5. The number of aromatic nitrogens is 3. The van der Waals surface area contributed by atoms with Crippen molar-refractivity contribution >= 4 is 75.7 Å². The molecule has 0 saturated heterocycles. The van der Waals surface area contributed by atoms with Gasteiger partial charge in [-0.2, -0.15) is 0 Å². The first-order valence-corrected chi connectivity index (χ1v) is 12.2. The molecule has 6 nitrogen and oxygen atoms in total. The molecule has 0 atom stereocenters. The minimum atomic E-state index is -0.586. The number of benzene rings is 3. The third-order valence-electron chi connectivity index (χ3n) is 4.56. The molecule has 0 unspecified atom stereocenters. The van der Waals surface area contributed by atoms with Crippen molar-refractivity contribution in [1.82, 2.24) is 14.8 Å². The zero-order chi connectivity index (χ0) is 24.2. The number of carbonyl (C=O) groups is 2. The fourth-order valence-corrected chi connectivity index (χ4v) is 5.00. The predicted octanol–water partition coefficient (Wildman–Crippen LogP) is 6.98. The van der Waals surface area contributed by atoms with E-state index in [2.05, 4.69) is 15.5 Å². The summed E-state index contributed by atoms with van der Waals surface area (Å²) in [6, 6.07) is 18.7. The Morgan fingerprint density at radius 1 is 0.853 bits per heavy atom. The van der Waals surface area contributed by atoms with Gasteiger partial charge in [-0.3, -0.25) is 9.59 Å². The number of para-hydroxylation sites is 1. The standard InChI is InChI=1S/C23H14Cl4N4O2S/c24-13-10-17(26)20(18(27)11-13)22(33)31-21(15-8-4-5-9-16(15)25)29-30-23(31)34-12-19(32)28-14-6-2-1-3-7-14/h1-11H,12H2,(H,28,32). The van der Waals surface area contributed by atoms with Crippen molar-refractivity contribution in [3.05, 3.63) is 92.4 Å². The SMILES string of the molecule is O=C(CSc1nnc(-c2ccccc2Cl)n1C(=O)c1c(Cl)cc(Cl)cc1Cl)Nc1ccccc1. The molecule has 0 aliphatic carbocycles. The highest BCUT2D eigenvalue weighted by molar-refractivity contribution is 7.99. The molecule has 3 aromatic carbocycles. The number of hydrogen-bond donors (Lipinski definition) is 1. The van der Waals surface area contributed by atoms with Crippen molar-refractivity contribution in [2.45, 2.75) is 5.16 Å². The fraction of sp³-hybridized carbons (Fsp3) is 0.0435. The largest absolute Gasteiger partial charge is 0.325 e. The summed E-state index contributed by atoms with van der Waals surface area (Å²) >= 11 is 26.0. The maximum absolute atomic E-state index is 13.6. The lowest BCUT2D eigenvalue weighted by atomic mass is 10.1. The molecule has 1 amide bonds. The summed E-state index contributed by atoms with van der Waals surface area (Å²) in [5, 5.41) is 12.1. The van der Waals surface area contributed by atoms with Crippen LogP contribution in [0, 0.1) is 0 Å². The van der Waals surface area contributed by atoms with Gasteiger partial charge in [0.2, 0.25) is 5.91 Å². The van der Waals surface area contributed by atoms with Crippen molar-refractivity contribution in [3.63, 3.8) is 0 Å². The number of rotatable bonds is 6. The van der Waals surface area contributed by atoms with Crippen LogP contribution in [-0.4, -0.2) is 32.3 Å². The van der Waals surface area contributed by atoms with E-state index in [0.717, 1.165) is 11.8 Å². The molecule has 4 rings (SSSR count). The van der Waals surface area contributed by atoms with Crippen molar-refractivity contribution in [1.29, 1.82) is 0 Å². The molecule has 172 valence electrons. The van der Waals surface area contributed by atoms with Gasteiger partial charge in [-0.05, 0) is 36.4 Å². The van der Waals surface area contributed by atoms with Crippen LogP contribution in [0.25, 0.3) is 11.4 Å². The van der Waals surface area contributed by atoms with Gasteiger partial charge in [-0.25, -0.2) is 4.57 Å². The molecule has 1 N–H and O–H groups in total. The molecule has 0 radical (unpaired) electrons. The molecule has 0 aliphatic heterocycles. The Morgan fingerprint density at radius 2 is 1.50 bits per heavy atom. The minimum Gasteiger partial charge on any atom is -0.325 e. The first-order valence-electron chi connectivity index (χ1n) is 9.72. The Labute approximate surface area is 219 Å². The van der Waals surface area contributed by atoms with Crippen molar-refractivity contribution in [2.75, 3.05) is 11.1 Å². The van der Waals surface area contributed by atoms with Gasteiger partial charge in [0.15, 0.2) is 11.0 Å². The minimum absolute atomic E-state index is 0.0229.